The fraction of sp³-hybridized carbons (Fsp3) is 0.267. The van der Waals surface area contributed by atoms with Gasteiger partial charge in [-0.25, -0.2) is 0 Å². The summed E-state index contributed by atoms with van der Waals surface area (Å²) in [5, 5.41) is 20.8. The lowest BCUT2D eigenvalue weighted by molar-refractivity contribution is 0.850. The van der Waals surface area contributed by atoms with Crippen molar-refractivity contribution in [1.82, 2.24) is 20.4 Å². The molecule has 0 aliphatic carbocycles. The van der Waals surface area contributed by atoms with Crippen molar-refractivity contribution >= 4 is 28.2 Å². The van der Waals surface area contributed by atoms with Crippen LogP contribution in [0.4, 0.5) is 5.82 Å². The minimum absolute atomic E-state index is 0.435. The molecule has 0 radical (unpaired) electrons. The minimum Gasteiger partial charge on any atom is -0.368 e. The number of fused-ring (bicyclic) bond motifs is 1. The molecule has 21 heavy (non-hydrogen) atoms. The highest BCUT2D eigenvalue weighted by Gasteiger charge is 2.07. The van der Waals surface area contributed by atoms with E-state index in [2.05, 4.69) is 25.7 Å². The van der Waals surface area contributed by atoms with Gasteiger partial charge >= 0.3 is 0 Å². The Balaban J connectivity index is 1.66. The normalized spacial score (nSPS) is 11.0. The van der Waals surface area contributed by atoms with Crippen molar-refractivity contribution in [3.63, 3.8) is 0 Å². The number of aryl methyl sites for hydroxylation is 2. The quantitative estimate of drug-likeness (QED) is 0.709. The lowest BCUT2D eigenvalue weighted by Gasteiger charge is -2.08. The summed E-state index contributed by atoms with van der Waals surface area (Å²) < 4.78 is 0. The Bertz CT molecular complexity index is 753. The number of anilines is 1. The van der Waals surface area contributed by atoms with Gasteiger partial charge in [0, 0.05) is 23.0 Å². The number of hydrogen-bond acceptors (Lipinski definition) is 4. The summed E-state index contributed by atoms with van der Waals surface area (Å²) in [5.41, 5.74) is 2.38. The molecule has 2 N–H and O–H groups in total. The predicted octanol–water partition coefficient (Wildman–Crippen LogP) is 3.36. The smallest absolute Gasteiger partial charge is 0.159 e. The Kier molecular flexibility index (Phi) is 4.01. The monoisotopic (exact) mass is 301 g/mol. The predicted molar refractivity (Wildman–Crippen MR) is 84.7 cm³/mol. The highest BCUT2D eigenvalue weighted by molar-refractivity contribution is 6.34. The van der Waals surface area contributed by atoms with Crippen LogP contribution in [0.3, 0.4) is 0 Å². The van der Waals surface area contributed by atoms with Crippen molar-refractivity contribution in [2.45, 2.75) is 19.8 Å². The molecule has 3 aromatic rings. The molecule has 1 aromatic carbocycles. The van der Waals surface area contributed by atoms with Crippen molar-refractivity contribution in [3.05, 3.63) is 46.9 Å². The highest BCUT2D eigenvalue weighted by Crippen LogP contribution is 2.25. The van der Waals surface area contributed by atoms with Gasteiger partial charge in [0.25, 0.3) is 0 Å². The largest absolute Gasteiger partial charge is 0.368 e. The summed E-state index contributed by atoms with van der Waals surface area (Å²) in [6, 6.07) is 7.87. The second-order valence-corrected chi connectivity index (χ2v) is 5.29. The van der Waals surface area contributed by atoms with Crippen LogP contribution in [0.1, 0.15) is 17.7 Å². The summed E-state index contributed by atoms with van der Waals surface area (Å²) in [4.78, 5) is 0. The number of halogens is 1. The number of aromatic nitrogens is 4. The molecule has 5 nitrogen and oxygen atoms in total. The first-order valence-corrected chi connectivity index (χ1v) is 7.27. The van der Waals surface area contributed by atoms with E-state index in [1.54, 1.807) is 0 Å². The topological polar surface area (TPSA) is 66.5 Å². The number of rotatable bonds is 5. The molecule has 0 saturated carbocycles. The van der Waals surface area contributed by atoms with Gasteiger partial charge in [-0.3, -0.25) is 5.10 Å². The van der Waals surface area contributed by atoms with Crippen LogP contribution in [0.2, 0.25) is 5.15 Å². The first kappa shape index (κ1) is 13.8. The van der Waals surface area contributed by atoms with E-state index in [1.165, 1.54) is 5.56 Å². The SMILES string of the molecule is Cc1[nH]ncc1CCCNc1nnc(Cl)c2ccccc12. The Morgan fingerprint density at radius 2 is 2.00 bits per heavy atom. The average molecular weight is 302 g/mol. The van der Waals surface area contributed by atoms with E-state index in [1.807, 2.05) is 37.4 Å². The third-order valence-electron chi connectivity index (χ3n) is 3.49. The molecular formula is C15H16ClN5. The van der Waals surface area contributed by atoms with Gasteiger partial charge in [-0.2, -0.15) is 5.10 Å². The zero-order valence-corrected chi connectivity index (χ0v) is 12.5. The van der Waals surface area contributed by atoms with Crippen LogP contribution in [0.25, 0.3) is 10.8 Å². The molecule has 3 rings (SSSR count). The minimum atomic E-state index is 0.435. The van der Waals surface area contributed by atoms with Crippen LogP contribution in [-0.4, -0.2) is 26.9 Å². The maximum Gasteiger partial charge on any atom is 0.159 e. The molecule has 0 fully saturated rings. The number of aromatic amines is 1. The number of nitrogens with one attached hydrogen (secondary N) is 2. The highest BCUT2D eigenvalue weighted by atomic mass is 35.5. The standard InChI is InChI=1S/C15H16ClN5/c1-10-11(9-18-19-10)5-4-8-17-15-13-7-3-2-6-12(13)14(16)20-21-15/h2-3,6-7,9H,4-5,8H2,1H3,(H,17,21)(H,18,19). The van der Waals surface area contributed by atoms with E-state index in [9.17, 15) is 0 Å². The second kappa shape index (κ2) is 6.10. The van der Waals surface area contributed by atoms with Gasteiger partial charge < -0.3 is 5.32 Å². The molecule has 2 aromatic heterocycles. The van der Waals surface area contributed by atoms with E-state index in [0.717, 1.165) is 41.7 Å². The number of H-pyrrole nitrogens is 1. The Morgan fingerprint density at radius 1 is 1.19 bits per heavy atom. The molecule has 0 saturated heterocycles. The Hall–Kier alpha value is -2.14. The third-order valence-corrected chi connectivity index (χ3v) is 3.77. The second-order valence-electron chi connectivity index (χ2n) is 4.94. The maximum absolute atomic E-state index is 6.06. The molecular weight excluding hydrogens is 286 g/mol. The molecule has 0 unspecified atom stereocenters. The van der Waals surface area contributed by atoms with Gasteiger partial charge in [0.1, 0.15) is 0 Å². The van der Waals surface area contributed by atoms with Crippen LogP contribution >= 0.6 is 11.6 Å². The van der Waals surface area contributed by atoms with Crippen LogP contribution in [0.15, 0.2) is 30.5 Å². The first-order chi connectivity index (χ1) is 10.3. The van der Waals surface area contributed by atoms with Crippen LogP contribution in [-0.2, 0) is 6.42 Å². The van der Waals surface area contributed by atoms with Crippen molar-refractivity contribution in [3.8, 4) is 0 Å². The van der Waals surface area contributed by atoms with Gasteiger partial charge in [0.2, 0.25) is 0 Å². The first-order valence-electron chi connectivity index (χ1n) is 6.89. The fourth-order valence-electron chi connectivity index (χ4n) is 2.32. The van der Waals surface area contributed by atoms with Crippen molar-refractivity contribution in [2.75, 3.05) is 11.9 Å². The van der Waals surface area contributed by atoms with Crippen molar-refractivity contribution in [1.29, 1.82) is 0 Å². The van der Waals surface area contributed by atoms with Gasteiger partial charge in [-0.15, -0.1) is 10.2 Å². The Labute approximate surface area is 127 Å². The molecule has 108 valence electrons. The number of benzene rings is 1. The van der Waals surface area contributed by atoms with Crippen molar-refractivity contribution < 1.29 is 0 Å². The summed E-state index contributed by atoms with van der Waals surface area (Å²) in [7, 11) is 0. The van der Waals surface area contributed by atoms with E-state index >= 15 is 0 Å². The van der Waals surface area contributed by atoms with E-state index in [0.29, 0.717) is 5.15 Å². The molecule has 6 heteroatoms. The Morgan fingerprint density at radius 3 is 2.76 bits per heavy atom. The summed E-state index contributed by atoms with van der Waals surface area (Å²) >= 11 is 6.06. The summed E-state index contributed by atoms with van der Waals surface area (Å²) in [5.74, 6) is 0.777. The third kappa shape index (κ3) is 2.97. The average Bonchev–Trinajstić information content (AvgIpc) is 2.91. The van der Waals surface area contributed by atoms with E-state index in [4.69, 9.17) is 11.6 Å². The van der Waals surface area contributed by atoms with Gasteiger partial charge in [-0.1, -0.05) is 35.9 Å². The van der Waals surface area contributed by atoms with Gasteiger partial charge in [0.05, 0.1) is 6.20 Å². The maximum atomic E-state index is 6.06. The molecule has 0 atom stereocenters. The number of nitrogens with zero attached hydrogens (tertiary/aromatic N) is 3. The fourth-order valence-corrected chi connectivity index (χ4v) is 2.52. The molecule has 2 heterocycles. The zero-order chi connectivity index (χ0) is 14.7. The lowest BCUT2D eigenvalue weighted by atomic mass is 10.1. The molecule has 0 aliphatic heterocycles. The molecule has 0 amide bonds. The van der Waals surface area contributed by atoms with E-state index < -0.39 is 0 Å². The van der Waals surface area contributed by atoms with Gasteiger partial charge in [0.15, 0.2) is 11.0 Å². The van der Waals surface area contributed by atoms with Crippen LogP contribution in [0.5, 0.6) is 0 Å². The summed E-state index contributed by atoms with van der Waals surface area (Å²) in [6.07, 6.45) is 3.86. The van der Waals surface area contributed by atoms with E-state index in [-0.39, 0.29) is 0 Å². The van der Waals surface area contributed by atoms with Crippen LogP contribution in [0, 0.1) is 6.92 Å². The van der Waals surface area contributed by atoms with Crippen LogP contribution < -0.4 is 5.32 Å². The zero-order valence-electron chi connectivity index (χ0n) is 11.7. The van der Waals surface area contributed by atoms with Gasteiger partial charge in [-0.05, 0) is 25.3 Å². The summed E-state index contributed by atoms with van der Waals surface area (Å²) in [6.45, 7) is 2.86. The molecule has 0 bridgehead atoms. The van der Waals surface area contributed by atoms with Crippen molar-refractivity contribution in [2.24, 2.45) is 0 Å². The molecule has 0 spiro atoms. The molecule has 0 aliphatic rings. The number of hydrogen-bond donors (Lipinski definition) is 2. The lowest BCUT2D eigenvalue weighted by Crippen LogP contribution is -2.06.